The van der Waals surface area contributed by atoms with E-state index in [1.54, 1.807) is 4.57 Å². The Balaban J connectivity index is 1.94. The number of carbonyl (C=O) groups is 1. The lowest BCUT2D eigenvalue weighted by Gasteiger charge is -2.20. The highest BCUT2D eigenvalue weighted by Gasteiger charge is 2.20. The Hall–Kier alpha value is -1.28. The lowest BCUT2D eigenvalue weighted by molar-refractivity contribution is -0.119. The summed E-state index contributed by atoms with van der Waals surface area (Å²) in [6.07, 6.45) is 2.03. The molecule has 118 valence electrons. The number of thioether (sulfide) groups is 1. The van der Waals surface area contributed by atoms with Gasteiger partial charge in [0.1, 0.15) is 0 Å². The highest BCUT2D eigenvalue weighted by atomic mass is 32.2. The van der Waals surface area contributed by atoms with Gasteiger partial charge in [0, 0.05) is 12.1 Å². The number of hydrogen-bond donors (Lipinski definition) is 2. The third-order valence-corrected chi connectivity index (χ3v) is 3.96. The molecule has 0 radical (unpaired) electrons. The Morgan fingerprint density at radius 2 is 2.33 bits per heavy atom. The van der Waals surface area contributed by atoms with Gasteiger partial charge in [-0.3, -0.25) is 9.36 Å². The van der Waals surface area contributed by atoms with Gasteiger partial charge in [0.15, 0.2) is 5.16 Å². The molecule has 0 bridgehead atoms. The van der Waals surface area contributed by atoms with Crippen molar-refractivity contribution in [3.05, 3.63) is 10.5 Å². The van der Waals surface area contributed by atoms with Crippen LogP contribution in [-0.4, -0.2) is 44.7 Å². The number of nitrogens with zero attached hydrogens (tertiary/aromatic N) is 2. The van der Waals surface area contributed by atoms with Crippen LogP contribution in [0.15, 0.2) is 9.95 Å². The van der Waals surface area contributed by atoms with Crippen molar-refractivity contribution < 1.29 is 9.53 Å². The second-order valence-corrected chi connectivity index (χ2v) is 7.09. The third kappa shape index (κ3) is 4.89. The van der Waals surface area contributed by atoms with Crippen LogP contribution < -0.4 is 11.0 Å². The predicted octanol–water partition coefficient (Wildman–Crippen LogP) is 0.757. The zero-order chi connectivity index (χ0) is 15.5. The van der Waals surface area contributed by atoms with E-state index in [0.29, 0.717) is 11.7 Å². The monoisotopic (exact) mass is 314 g/mol. The maximum Gasteiger partial charge on any atom is 0.344 e. The van der Waals surface area contributed by atoms with Crippen LogP contribution in [0.5, 0.6) is 0 Å². The highest BCUT2D eigenvalue weighted by molar-refractivity contribution is 7.99. The first-order valence-corrected chi connectivity index (χ1v) is 8.04. The van der Waals surface area contributed by atoms with Gasteiger partial charge in [0.05, 0.1) is 18.4 Å². The lowest BCUT2D eigenvalue weighted by atomic mass is 10.1. The molecule has 0 aromatic carbocycles. The van der Waals surface area contributed by atoms with Crippen LogP contribution in [0.4, 0.5) is 0 Å². The van der Waals surface area contributed by atoms with Gasteiger partial charge >= 0.3 is 5.69 Å². The number of carbonyl (C=O) groups excluding carboxylic acids is 1. The second-order valence-electron chi connectivity index (χ2n) is 6.14. The van der Waals surface area contributed by atoms with E-state index in [-0.39, 0.29) is 29.0 Å². The number of H-pyrrole nitrogens is 1. The molecule has 1 amide bonds. The Labute approximate surface area is 127 Å². The van der Waals surface area contributed by atoms with Gasteiger partial charge in [-0.05, 0) is 33.6 Å². The maximum absolute atomic E-state index is 11.8. The van der Waals surface area contributed by atoms with Crippen molar-refractivity contribution >= 4 is 17.7 Å². The van der Waals surface area contributed by atoms with E-state index in [1.807, 2.05) is 20.8 Å². The first-order valence-electron chi connectivity index (χ1n) is 7.06. The van der Waals surface area contributed by atoms with E-state index in [4.69, 9.17) is 4.74 Å². The highest BCUT2D eigenvalue weighted by Crippen LogP contribution is 2.18. The number of hydrogen-bond acceptors (Lipinski definition) is 5. The Kier molecular flexibility index (Phi) is 5.10. The molecule has 2 rings (SSSR count). The van der Waals surface area contributed by atoms with Crippen molar-refractivity contribution in [1.82, 2.24) is 20.1 Å². The summed E-state index contributed by atoms with van der Waals surface area (Å²) < 4.78 is 7.08. The first-order chi connectivity index (χ1) is 9.85. The van der Waals surface area contributed by atoms with Crippen LogP contribution in [0.25, 0.3) is 0 Å². The fourth-order valence-electron chi connectivity index (χ4n) is 2.15. The standard InChI is InChI=1S/C13H22N4O3S/c1-13(2,3)14-10(18)8-21-12-16-15-11(19)17(12)7-9-5-4-6-20-9/h9H,4-8H2,1-3H3,(H,14,18)(H,15,19). The number of ether oxygens (including phenoxy) is 1. The van der Waals surface area contributed by atoms with E-state index < -0.39 is 0 Å². The molecule has 0 saturated carbocycles. The number of aromatic nitrogens is 3. The SMILES string of the molecule is CC(C)(C)NC(=O)CSc1n[nH]c(=O)n1CC1CCCO1. The second kappa shape index (κ2) is 6.65. The van der Waals surface area contributed by atoms with E-state index in [2.05, 4.69) is 15.5 Å². The van der Waals surface area contributed by atoms with Crippen LogP contribution >= 0.6 is 11.8 Å². The van der Waals surface area contributed by atoms with Gasteiger partial charge < -0.3 is 10.1 Å². The lowest BCUT2D eigenvalue weighted by Crippen LogP contribution is -2.41. The summed E-state index contributed by atoms with van der Waals surface area (Å²) in [6.45, 7) is 7.01. The summed E-state index contributed by atoms with van der Waals surface area (Å²) in [5.41, 5.74) is -0.523. The average Bonchev–Trinajstić information content (AvgIpc) is 2.97. The molecular formula is C13H22N4O3S. The maximum atomic E-state index is 11.8. The summed E-state index contributed by atoms with van der Waals surface area (Å²) in [5, 5.41) is 9.82. The van der Waals surface area contributed by atoms with Crippen molar-refractivity contribution in [2.45, 2.75) is 57.0 Å². The van der Waals surface area contributed by atoms with Gasteiger partial charge in [-0.1, -0.05) is 11.8 Å². The molecule has 21 heavy (non-hydrogen) atoms. The van der Waals surface area contributed by atoms with E-state index in [0.717, 1.165) is 19.4 Å². The van der Waals surface area contributed by atoms with Crippen LogP contribution in [0.2, 0.25) is 0 Å². The Morgan fingerprint density at radius 1 is 1.57 bits per heavy atom. The Morgan fingerprint density at radius 3 is 2.95 bits per heavy atom. The summed E-state index contributed by atoms with van der Waals surface area (Å²) in [4.78, 5) is 23.6. The Bertz CT molecular complexity index is 540. The van der Waals surface area contributed by atoms with Gasteiger partial charge in [0.2, 0.25) is 5.91 Å². The molecule has 8 heteroatoms. The minimum absolute atomic E-state index is 0.0584. The van der Waals surface area contributed by atoms with Crippen molar-refractivity contribution in [2.75, 3.05) is 12.4 Å². The number of aromatic amines is 1. The average molecular weight is 314 g/mol. The van der Waals surface area contributed by atoms with Gasteiger partial charge in [-0.25, -0.2) is 9.89 Å². The minimum atomic E-state index is -0.263. The molecule has 0 spiro atoms. The van der Waals surface area contributed by atoms with E-state index >= 15 is 0 Å². The van der Waals surface area contributed by atoms with Crippen LogP contribution in [0, 0.1) is 0 Å². The van der Waals surface area contributed by atoms with Gasteiger partial charge in [-0.15, -0.1) is 5.10 Å². The van der Waals surface area contributed by atoms with Crippen LogP contribution in [0.1, 0.15) is 33.6 Å². The smallest absolute Gasteiger partial charge is 0.344 e. The van der Waals surface area contributed by atoms with Crippen molar-refractivity contribution in [3.63, 3.8) is 0 Å². The number of nitrogens with one attached hydrogen (secondary N) is 2. The first kappa shape index (κ1) is 16.1. The fraction of sp³-hybridized carbons (Fsp3) is 0.769. The predicted molar refractivity (Wildman–Crippen MR) is 80.4 cm³/mol. The van der Waals surface area contributed by atoms with Gasteiger partial charge in [0.25, 0.3) is 0 Å². The molecule has 7 nitrogen and oxygen atoms in total. The summed E-state index contributed by atoms with van der Waals surface area (Å²) in [7, 11) is 0. The minimum Gasteiger partial charge on any atom is -0.376 e. The molecule has 2 N–H and O–H groups in total. The summed E-state index contributed by atoms with van der Waals surface area (Å²) >= 11 is 1.25. The molecule has 1 atom stereocenters. The molecule has 1 aliphatic rings. The summed E-state index contributed by atoms with van der Waals surface area (Å²) in [6, 6.07) is 0. The largest absolute Gasteiger partial charge is 0.376 e. The molecular weight excluding hydrogens is 292 g/mol. The normalized spacial score (nSPS) is 18.9. The van der Waals surface area contributed by atoms with E-state index in [9.17, 15) is 9.59 Å². The van der Waals surface area contributed by atoms with Gasteiger partial charge in [-0.2, -0.15) is 0 Å². The zero-order valence-electron chi connectivity index (χ0n) is 12.6. The summed E-state index contributed by atoms with van der Waals surface area (Å²) in [5.74, 6) is 0.152. The van der Waals surface area contributed by atoms with Crippen molar-refractivity contribution in [2.24, 2.45) is 0 Å². The van der Waals surface area contributed by atoms with Crippen molar-refractivity contribution in [1.29, 1.82) is 0 Å². The molecule has 1 saturated heterocycles. The topological polar surface area (TPSA) is 89.0 Å². The quantitative estimate of drug-likeness (QED) is 0.783. The number of amides is 1. The molecule has 0 aliphatic carbocycles. The van der Waals surface area contributed by atoms with E-state index in [1.165, 1.54) is 11.8 Å². The zero-order valence-corrected chi connectivity index (χ0v) is 13.5. The third-order valence-electron chi connectivity index (χ3n) is 2.98. The number of rotatable bonds is 5. The molecule has 1 aromatic rings. The molecule has 1 aliphatic heterocycles. The van der Waals surface area contributed by atoms with Crippen LogP contribution in [-0.2, 0) is 16.1 Å². The molecule has 2 heterocycles. The molecule has 1 aromatic heterocycles. The fourth-order valence-corrected chi connectivity index (χ4v) is 2.91. The van der Waals surface area contributed by atoms with Crippen LogP contribution in [0.3, 0.4) is 0 Å². The molecule has 1 fully saturated rings. The van der Waals surface area contributed by atoms with Crippen molar-refractivity contribution in [3.8, 4) is 0 Å². The molecule has 1 unspecified atom stereocenters.